The number of rotatable bonds is 5. The molecule has 2 aromatic rings. The maximum absolute atomic E-state index is 13.4. The second-order valence-corrected chi connectivity index (χ2v) is 5.42. The molecule has 0 aliphatic heterocycles. The van der Waals surface area contributed by atoms with E-state index in [4.69, 9.17) is 0 Å². The lowest BCUT2D eigenvalue weighted by molar-refractivity contribution is 0.525. The van der Waals surface area contributed by atoms with Crippen LogP contribution in [-0.2, 0) is 13.5 Å². The normalized spacial score (nSPS) is 12.6. The number of hydrogen-bond donors (Lipinski definition) is 1. The zero-order valence-electron chi connectivity index (χ0n) is 11.0. The van der Waals surface area contributed by atoms with Crippen LogP contribution in [0.2, 0.25) is 0 Å². The summed E-state index contributed by atoms with van der Waals surface area (Å²) in [6.07, 6.45) is 2.63. The van der Waals surface area contributed by atoms with Crippen molar-refractivity contribution in [2.45, 2.75) is 19.4 Å². The van der Waals surface area contributed by atoms with Gasteiger partial charge in [0.05, 0.1) is 11.7 Å². The Bertz CT molecular complexity index is 533. The number of likely N-dealkylation sites (N-methyl/N-ethyl adjacent to an activating group) is 1. The highest BCUT2D eigenvalue weighted by Crippen LogP contribution is 2.21. The molecule has 0 bridgehead atoms. The fourth-order valence-corrected chi connectivity index (χ4v) is 2.62. The molecule has 0 saturated carbocycles. The molecule has 0 aliphatic rings. The van der Waals surface area contributed by atoms with Crippen molar-refractivity contribution in [1.82, 2.24) is 15.1 Å². The minimum absolute atomic E-state index is 0.0971. The van der Waals surface area contributed by atoms with Crippen molar-refractivity contribution >= 4 is 15.9 Å². The highest BCUT2D eigenvalue weighted by molar-refractivity contribution is 9.10. The Morgan fingerprint density at radius 3 is 2.79 bits per heavy atom. The van der Waals surface area contributed by atoms with Gasteiger partial charge in [-0.1, -0.05) is 22.9 Å². The predicted molar refractivity (Wildman–Crippen MR) is 77.4 cm³/mol. The van der Waals surface area contributed by atoms with Crippen LogP contribution in [0.25, 0.3) is 0 Å². The summed E-state index contributed by atoms with van der Waals surface area (Å²) in [7, 11) is 1.89. The molecule has 1 unspecified atom stereocenters. The molecular formula is C14H17BrFN3. The van der Waals surface area contributed by atoms with E-state index in [-0.39, 0.29) is 11.9 Å². The molecule has 1 atom stereocenters. The molecule has 3 nitrogen and oxygen atoms in total. The second kappa shape index (κ2) is 6.30. The van der Waals surface area contributed by atoms with Gasteiger partial charge in [-0.15, -0.1) is 0 Å². The number of halogens is 2. The average Bonchev–Trinajstić information content (AvgIpc) is 2.74. The molecule has 1 heterocycles. The largest absolute Gasteiger partial charge is 0.309 e. The summed E-state index contributed by atoms with van der Waals surface area (Å²) >= 11 is 3.32. The first-order valence-electron chi connectivity index (χ1n) is 6.26. The molecule has 2 rings (SSSR count). The van der Waals surface area contributed by atoms with Gasteiger partial charge < -0.3 is 5.32 Å². The molecule has 0 amide bonds. The van der Waals surface area contributed by atoms with Crippen molar-refractivity contribution in [2.24, 2.45) is 7.05 Å². The van der Waals surface area contributed by atoms with E-state index in [1.807, 2.05) is 25.4 Å². The molecule has 0 fully saturated rings. The van der Waals surface area contributed by atoms with E-state index in [0.717, 1.165) is 22.3 Å². The minimum atomic E-state index is -0.222. The molecule has 1 aromatic carbocycles. The number of nitrogens with one attached hydrogen (secondary N) is 1. The van der Waals surface area contributed by atoms with Gasteiger partial charge in [-0.3, -0.25) is 4.68 Å². The van der Waals surface area contributed by atoms with Crippen LogP contribution in [0.5, 0.6) is 0 Å². The maximum atomic E-state index is 13.4. The van der Waals surface area contributed by atoms with E-state index in [0.29, 0.717) is 6.42 Å². The lowest BCUT2D eigenvalue weighted by Gasteiger charge is -2.16. The minimum Gasteiger partial charge on any atom is -0.309 e. The molecule has 0 aliphatic carbocycles. The Balaban J connectivity index is 2.20. The maximum Gasteiger partial charge on any atom is 0.124 e. The third kappa shape index (κ3) is 3.88. The summed E-state index contributed by atoms with van der Waals surface area (Å²) in [5.74, 6) is -0.222. The number of hydrogen-bond acceptors (Lipinski definition) is 2. The van der Waals surface area contributed by atoms with Crippen molar-refractivity contribution < 1.29 is 4.39 Å². The van der Waals surface area contributed by atoms with E-state index in [2.05, 4.69) is 33.3 Å². The highest BCUT2D eigenvalue weighted by atomic mass is 79.9. The van der Waals surface area contributed by atoms with Gasteiger partial charge in [0.1, 0.15) is 5.82 Å². The van der Waals surface area contributed by atoms with E-state index >= 15 is 0 Å². The number of aromatic nitrogens is 2. The van der Waals surface area contributed by atoms with Crippen LogP contribution in [0.1, 0.15) is 24.2 Å². The Morgan fingerprint density at radius 1 is 1.42 bits per heavy atom. The number of aryl methyl sites for hydroxylation is 1. The molecular weight excluding hydrogens is 309 g/mol. The summed E-state index contributed by atoms with van der Waals surface area (Å²) in [6.45, 7) is 2.90. The average molecular weight is 326 g/mol. The highest BCUT2D eigenvalue weighted by Gasteiger charge is 2.14. The SMILES string of the molecule is CCNC(Cc1cc(F)cc(Br)c1)c1ccn(C)n1. The van der Waals surface area contributed by atoms with Gasteiger partial charge in [-0.25, -0.2) is 4.39 Å². The smallest absolute Gasteiger partial charge is 0.124 e. The molecule has 102 valence electrons. The van der Waals surface area contributed by atoms with E-state index in [9.17, 15) is 4.39 Å². The van der Waals surface area contributed by atoms with Crippen molar-refractivity contribution in [3.8, 4) is 0 Å². The van der Waals surface area contributed by atoms with Gasteiger partial charge >= 0.3 is 0 Å². The number of benzene rings is 1. The second-order valence-electron chi connectivity index (χ2n) is 4.51. The summed E-state index contributed by atoms with van der Waals surface area (Å²) in [5, 5.41) is 7.81. The van der Waals surface area contributed by atoms with Crippen LogP contribution < -0.4 is 5.32 Å². The lowest BCUT2D eigenvalue weighted by Crippen LogP contribution is -2.23. The van der Waals surface area contributed by atoms with Crippen LogP contribution in [0, 0.1) is 5.82 Å². The van der Waals surface area contributed by atoms with Gasteiger partial charge in [-0.2, -0.15) is 5.10 Å². The molecule has 0 radical (unpaired) electrons. The third-order valence-electron chi connectivity index (χ3n) is 2.90. The quantitative estimate of drug-likeness (QED) is 0.914. The summed E-state index contributed by atoms with van der Waals surface area (Å²) in [5.41, 5.74) is 1.92. The Hall–Kier alpha value is -1.20. The Kier molecular flexibility index (Phi) is 4.71. The van der Waals surface area contributed by atoms with Gasteiger partial charge in [-0.05, 0) is 42.8 Å². The Labute approximate surface area is 121 Å². The monoisotopic (exact) mass is 325 g/mol. The summed E-state index contributed by atoms with van der Waals surface area (Å²) in [4.78, 5) is 0. The zero-order valence-corrected chi connectivity index (χ0v) is 12.6. The van der Waals surface area contributed by atoms with Crippen molar-refractivity contribution in [1.29, 1.82) is 0 Å². The first-order chi connectivity index (χ1) is 9.08. The standard InChI is InChI=1S/C14H17BrFN3/c1-3-17-14(13-4-5-19(2)18-13)8-10-6-11(15)9-12(16)7-10/h4-7,9,14,17H,3,8H2,1-2H3. The predicted octanol–water partition coefficient (Wildman–Crippen LogP) is 3.22. The van der Waals surface area contributed by atoms with Gasteiger partial charge in [0.25, 0.3) is 0 Å². The van der Waals surface area contributed by atoms with E-state index in [1.165, 1.54) is 6.07 Å². The van der Waals surface area contributed by atoms with Crippen LogP contribution in [0.3, 0.4) is 0 Å². The van der Waals surface area contributed by atoms with Gasteiger partial charge in [0.15, 0.2) is 0 Å². The summed E-state index contributed by atoms with van der Waals surface area (Å²) < 4.78 is 15.9. The van der Waals surface area contributed by atoms with Crippen LogP contribution in [-0.4, -0.2) is 16.3 Å². The first kappa shape index (κ1) is 14.2. The van der Waals surface area contributed by atoms with Crippen LogP contribution in [0.4, 0.5) is 4.39 Å². The third-order valence-corrected chi connectivity index (χ3v) is 3.36. The Morgan fingerprint density at radius 2 is 2.21 bits per heavy atom. The molecule has 1 aromatic heterocycles. The van der Waals surface area contributed by atoms with Crippen molar-refractivity contribution in [2.75, 3.05) is 6.54 Å². The van der Waals surface area contributed by atoms with Crippen LogP contribution >= 0.6 is 15.9 Å². The molecule has 0 saturated heterocycles. The molecule has 0 spiro atoms. The fraction of sp³-hybridized carbons (Fsp3) is 0.357. The van der Waals surface area contributed by atoms with E-state index < -0.39 is 0 Å². The first-order valence-corrected chi connectivity index (χ1v) is 7.05. The van der Waals surface area contributed by atoms with Gasteiger partial charge in [0.2, 0.25) is 0 Å². The zero-order chi connectivity index (χ0) is 13.8. The molecule has 1 N–H and O–H groups in total. The van der Waals surface area contributed by atoms with Gasteiger partial charge in [0, 0.05) is 17.7 Å². The van der Waals surface area contributed by atoms with Crippen molar-refractivity contribution in [3.05, 3.63) is 52.0 Å². The molecule has 19 heavy (non-hydrogen) atoms. The molecule has 5 heteroatoms. The fourth-order valence-electron chi connectivity index (χ4n) is 2.11. The van der Waals surface area contributed by atoms with E-state index in [1.54, 1.807) is 10.7 Å². The van der Waals surface area contributed by atoms with Crippen LogP contribution in [0.15, 0.2) is 34.9 Å². The summed E-state index contributed by atoms with van der Waals surface area (Å²) in [6, 6.07) is 7.06. The topological polar surface area (TPSA) is 29.9 Å². The lowest BCUT2D eigenvalue weighted by atomic mass is 10.0. The van der Waals surface area contributed by atoms with Crippen molar-refractivity contribution in [3.63, 3.8) is 0 Å². The number of nitrogens with zero attached hydrogens (tertiary/aromatic N) is 2.